The van der Waals surface area contributed by atoms with Crippen LogP contribution < -0.4 is 10.6 Å². The summed E-state index contributed by atoms with van der Waals surface area (Å²) < 4.78 is 0. The minimum Gasteiger partial charge on any atom is -0.369 e. The van der Waals surface area contributed by atoms with Gasteiger partial charge in [-0.15, -0.1) is 0 Å². The second-order valence-electron chi connectivity index (χ2n) is 3.54. The Morgan fingerprint density at radius 3 is 3.07 bits per heavy atom. The molecule has 0 aliphatic carbocycles. The van der Waals surface area contributed by atoms with Crippen molar-refractivity contribution in [1.82, 2.24) is 4.98 Å². The average molecular weight is 188 g/mol. The molecule has 1 aliphatic rings. The van der Waals surface area contributed by atoms with E-state index < -0.39 is 0 Å². The van der Waals surface area contributed by atoms with Crippen LogP contribution in [0, 0.1) is 11.3 Å². The standard InChI is InChI=1S/C10H12N4/c11-4-8-3-10(6-13-5-8)14-2-1-9(12)7-14/h3,5-6,9H,1-2,7,12H2. The fourth-order valence-electron chi connectivity index (χ4n) is 1.68. The number of nitrogens with zero attached hydrogens (tertiary/aromatic N) is 3. The molecule has 4 nitrogen and oxygen atoms in total. The van der Waals surface area contributed by atoms with Gasteiger partial charge in [-0.1, -0.05) is 0 Å². The minimum absolute atomic E-state index is 0.251. The van der Waals surface area contributed by atoms with Gasteiger partial charge in [0.15, 0.2) is 0 Å². The van der Waals surface area contributed by atoms with Gasteiger partial charge in [-0.05, 0) is 12.5 Å². The van der Waals surface area contributed by atoms with Crippen molar-refractivity contribution in [2.75, 3.05) is 18.0 Å². The molecule has 1 unspecified atom stereocenters. The van der Waals surface area contributed by atoms with Gasteiger partial charge in [-0.3, -0.25) is 4.98 Å². The van der Waals surface area contributed by atoms with Crippen LogP contribution in [-0.4, -0.2) is 24.1 Å². The number of nitriles is 1. The molecule has 0 bridgehead atoms. The lowest BCUT2D eigenvalue weighted by molar-refractivity contribution is 0.752. The van der Waals surface area contributed by atoms with Crippen LogP contribution in [0.25, 0.3) is 0 Å². The van der Waals surface area contributed by atoms with E-state index in [4.69, 9.17) is 11.0 Å². The summed E-state index contributed by atoms with van der Waals surface area (Å²) in [6.45, 7) is 1.81. The third-order valence-corrected chi connectivity index (χ3v) is 2.44. The third-order valence-electron chi connectivity index (χ3n) is 2.44. The molecule has 4 heteroatoms. The van der Waals surface area contributed by atoms with Crippen LogP contribution in [-0.2, 0) is 0 Å². The first-order valence-electron chi connectivity index (χ1n) is 4.65. The molecule has 2 N–H and O–H groups in total. The number of pyridine rings is 1. The van der Waals surface area contributed by atoms with Crippen LogP contribution in [0.3, 0.4) is 0 Å². The molecule has 14 heavy (non-hydrogen) atoms. The second-order valence-corrected chi connectivity index (χ2v) is 3.54. The van der Waals surface area contributed by atoms with Gasteiger partial charge in [0, 0.05) is 25.3 Å². The highest BCUT2D eigenvalue weighted by Gasteiger charge is 2.19. The lowest BCUT2D eigenvalue weighted by Gasteiger charge is -2.17. The molecule has 0 spiro atoms. The Kier molecular flexibility index (Phi) is 2.33. The molecule has 1 atom stereocenters. The SMILES string of the molecule is N#Cc1cncc(N2CCC(N)C2)c1. The molecule has 1 aromatic rings. The van der Waals surface area contributed by atoms with Gasteiger partial charge in [0.2, 0.25) is 0 Å². The van der Waals surface area contributed by atoms with E-state index in [0.29, 0.717) is 5.56 Å². The molecule has 0 aromatic carbocycles. The molecule has 1 fully saturated rings. The van der Waals surface area contributed by atoms with Crippen LogP contribution in [0.1, 0.15) is 12.0 Å². The predicted molar refractivity (Wildman–Crippen MR) is 53.8 cm³/mol. The lowest BCUT2D eigenvalue weighted by Crippen LogP contribution is -2.26. The Bertz CT molecular complexity index is 369. The van der Waals surface area contributed by atoms with Gasteiger partial charge >= 0.3 is 0 Å². The smallest absolute Gasteiger partial charge is 0.101 e. The monoisotopic (exact) mass is 188 g/mol. The summed E-state index contributed by atoms with van der Waals surface area (Å²) in [7, 11) is 0. The van der Waals surface area contributed by atoms with Crippen LogP contribution in [0.5, 0.6) is 0 Å². The Balaban J connectivity index is 2.20. The summed E-state index contributed by atoms with van der Waals surface area (Å²) >= 11 is 0. The number of nitrogens with two attached hydrogens (primary N) is 1. The number of anilines is 1. The first-order chi connectivity index (χ1) is 6.79. The molecule has 0 amide bonds. The summed E-state index contributed by atoms with van der Waals surface area (Å²) in [5.41, 5.74) is 7.40. The van der Waals surface area contributed by atoms with Crippen LogP contribution in [0.4, 0.5) is 5.69 Å². The highest BCUT2D eigenvalue weighted by Crippen LogP contribution is 2.19. The topological polar surface area (TPSA) is 65.9 Å². The summed E-state index contributed by atoms with van der Waals surface area (Å²) in [5.74, 6) is 0. The average Bonchev–Trinajstić information content (AvgIpc) is 2.65. The molecule has 72 valence electrons. The van der Waals surface area contributed by atoms with E-state index in [9.17, 15) is 0 Å². The second kappa shape index (κ2) is 3.64. The van der Waals surface area contributed by atoms with E-state index in [0.717, 1.165) is 25.2 Å². The molecule has 1 aliphatic heterocycles. The van der Waals surface area contributed by atoms with Crippen molar-refractivity contribution in [3.63, 3.8) is 0 Å². The molecule has 2 heterocycles. The number of aromatic nitrogens is 1. The van der Waals surface area contributed by atoms with Gasteiger partial charge in [0.1, 0.15) is 6.07 Å². The number of rotatable bonds is 1. The van der Waals surface area contributed by atoms with Gasteiger partial charge in [-0.2, -0.15) is 5.26 Å². The van der Waals surface area contributed by atoms with Crippen molar-refractivity contribution >= 4 is 5.69 Å². The van der Waals surface area contributed by atoms with Crippen molar-refractivity contribution in [2.24, 2.45) is 5.73 Å². The van der Waals surface area contributed by atoms with E-state index in [1.165, 1.54) is 0 Å². The van der Waals surface area contributed by atoms with Crippen LogP contribution in [0.2, 0.25) is 0 Å². The highest BCUT2D eigenvalue weighted by atomic mass is 15.2. The van der Waals surface area contributed by atoms with Crippen molar-refractivity contribution in [2.45, 2.75) is 12.5 Å². The van der Waals surface area contributed by atoms with E-state index in [-0.39, 0.29) is 6.04 Å². The van der Waals surface area contributed by atoms with E-state index >= 15 is 0 Å². The molecular weight excluding hydrogens is 176 g/mol. The molecular formula is C10H12N4. The zero-order chi connectivity index (χ0) is 9.97. The summed E-state index contributed by atoms with van der Waals surface area (Å²) in [6.07, 6.45) is 4.36. The van der Waals surface area contributed by atoms with Crippen molar-refractivity contribution in [3.8, 4) is 6.07 Å². The normalized spacial score (nSPS) is 20.9. The van der Waals surface area contributed by atoms with Crippen molar-refractivity contribution in [3.05, 3.63) is 24.0 Å². The van der Waals surface area contributed by atoms with Gasteiger partial charge in [0.25, 0.3) is 0 Å². The minimum atomic E-state index is 0.251. The number of hydrogen-bond donors (Lipinski definition) is 1. The van der Waals surface area contributed by atoms with Gasteiger partial charge in [-0.25, -0.2) is 0 Å². The molecule has 0 radical (unpaired) electrons. The largest absolute Gasteiger partial charge is 0.369 e. The first-order valence-corrected chi connectivity index (χ1v) is 4.65. The summed E-state index contributed by atoms with van der Waals surface area (Å²) in [6, 6.07) is 4.18. The van der Waals surface area contributed by atoms with Crippen LogP contribution in [0.15, 0.2) is 18.5 Å². The Hall–Kier alpha value is -1.60. The van der Waals surface area contributed by atoms with E-state index in [1.54, 1.807) is 12.4 Å². The summed E-state index contributed by atoms with van der Waals surface area (Å²) in [4.78, 5) is 6.19. The van der Waals surface area contributed by atoms with E-state index in [2.05, 4.69) is 16.0 Å². The zero-order valence-electron chi connectivity index (χ0n) is 7.85. The van der Waals surface area contributed by atoms with E-state index in [1.807, 2.05) is 6.07 Å². The maximum atomic E-state index is 8.72. The first kappa shape index (κ1) is 8.97. The van der Waals surface area contributed by atoms with Gasteiger partial charge < -0.3 is 10.6 Å². The lowest BCUT2D eigenvalue weighted by atomic mass is 10.3. The predicted octanol–water partition coefficient (Wildman–Crippen LogP) is 0.491. The fourth-order valence-corrected chi connectivity index (χ4v) is 1.68. The molecule has 0 saturated carbocycles. The Morgan fingerprint density at radius 1 is 1.57 bits per heavy atom. The number of hydrogen-bond acceptors (Lipinski definition) is 4. The van der Waals surface area contributed by atoms with Crippen molar-refractivity contribution < 1.29 is 0 Å². The zero-order valence-corrected chi connectivity index (χ0v) is 7.85. The van der Waals surface area contributed by atoms with Crippen LogP contribution >= 0.6 is 0 Å². The molecule has 1 aromatic heterocycles. The molecule has 2 rings (SSSR count). The van der Waals surface area contributed by atoms with Gasteiger partial charge in [0.05, 0.1) is 17.4 Å². The van der Waals surface area contributed by atoms with Crippen molar-refractivity contribution in [1.29, 1.82) is 5.26 Å². The highest BCUT2D eigenvalue weighted by molar-refractivity contribution is 5.49. The maximum absolute atomic E-state index is 8.72. The fraction of sp³-hybridized carbons (Fsp3) is 0.400. The molecule has 1 saturated heterocycles. The summed E-state index contributed by atoms with van der Waals surface area (Å²) in [5, 5.41) is 8.72. The quantitative estimate of drug-likeness (QED) is 0.696. The maximum Gasteiger partial charge on any atom is 0.101 e. The Morgan fingerprint density at radius 2 is 2.43 bits per heavy atom. The Labute approximate surface area is 83.0 Å². The third kappa shape index (κ3) is 1.68.